The van der Waals surface area contributed by atoms with Crippen LogP contribution in [0.1, 0.15) is 43.3 Å². The van der Waals surface area contributed by atoms with E-state index in [4.69, 9.17) is 27.9 Å². The Balaban J connectivity index is 1.96. The van der Waals surface area contributed by atoms with Gasteiger partial charge >= 0.3 is 12.3 Å². The maximum atomic E-state index is 13.8. The van der Waals surface area contributed by atoms with Gasteiger partial charge in [0.2, 0.25) is 5.82 Å². The van der Waals surface area contributed by atoms with Gasteiger partial charge in [0.15, 0.2) is 0 Å². The van der Waals surface area contributed by atoms with E-state index < -0.39 is 29.9 Å². The molecule has 4 rings (SSSR count). The van der Waals surface area contributed by atoms with E-state index in [1.54, 1.807) is 37.1 Å². The van der Waals surface area contributed by atoms with Gasteiger partial charge in [-0.3, -0.25) is 4.90 Å². The Morgan fingerprint density at radius 3 is 2.47 bits per heavy atom. The molecule has 8 nitrogen and oxygen atoms in total. The third-order valence-electron chi connectivity index (χ3n) is 5.92. The molecule has 0 N–H and O–H groups in total. The number of amides is 1. The number of hydrogen-bond acceptors (Lipinski definition) is 6. The molecular weight excluding hydrogens is 520 g/mol. The van der Waals surface area contributed by atoms with Gasteiger partial charge in [-0.05, 0) is 54.5 Å². The zero-order chi connectivity index (χ0) is 26.2. The number of hydrogen-bond donors (Lipinski definition) is 0. The van der Waals surface area contributed by atoms with E-state index in [2.05, 4.69) is 15.4 Å². The van der Waals surface area contributed by atoms with Crippen LogP contribution in [0.3, 0.4) is 0 Å². The van der Waals surface area contributed by atoms with Crippen molar-refractivity contribution in [2.24, 2.45) is 7.05 Å². The smallest absolute Gasteiger partial charge is 0.416 e. The molecule has 0 saturated carbocycles. The van der Waals surface area contributed by atoms with E-state index in [-0.39, 0.29) is 35.4 Å². The number of tetrazole rings is 1. The molecule has 13 heteroatoms. The third kappa shape index (κ3) is 4.94. The molecular formula is C23H23Cl2F3N6O2. The highest BCUT2D eigenvalue weighted by atomic mass is 35.5. The fourth-order valence-corrected chi connectivity index (χ4v) is 4.60. The average molecular weight is 543 g/mol. The summed E-state index contributed by atoms with van der Waals surface area (Å²) in [7, 11) is 1.59. The maximum Gasteiger partial charge on any atom is 0.416 e. The number of carbonyl (C=O) groups is 1. The van der Waals surface area contributed by atoms with Gasteiger partial charge in [-0.2, -0.15) is 18.0 Å². The van der Waals surface area contributed by atoms with Crippen molar-refractivity contribution in [2.75, 3.05) is 23.0 Å². The van der Waals surface area contributed by atoms with Gasteiger partial charge in [0.05, 0.1) is 46.7 Å². The fourth-order valence-electron chi connectivity index (χ4n) is 4.29. The first-order chi connectivity index (χ1) is 17.0. The van der Waals surface area contributed by atoms with Crippen molar-refractivity contribution in [3.05, 3.63) is 63.4 Å². The van der Waals surface area contributed by atoms with Crippen LogP contribution in [0, 0.1) is 0 Å². The molecule has 0 fully saturated rings. The van der Waals surface area contributed by atoms with E-state index in [0.29, 0.717) is 17.0 Å². The second-order valence-electron chi connectivity index (χ2n) is 8.20. The van der Waals surface area contributed by atoms with Crippen molar-refractivity contribution in [1.29, 1.82) is 0 Å². The summed E-state index contributed by atoms with van der Waals surface area (Å²) in [4.78, 5) is 17.3. The summed E-state index contributed by atoms with van der Waals surface area (Å²) in [5, 5.41) is 13.0. The predicted octanol–water partition coefficient (Wildman–Crippen LogP) is 5.89. The molecule has 1 amide bonds. The van der Waals surface area contributed by atoms with Crippen LogP contribution in [-0.2, 0) is 18.0 Å². The quantitative estimate of drug-likeness (QED) is 0.400. The molecule has 0 aliphatic carbocycles. The molecule has 2 heterocycles. The summed E-state index contributed by atoms with van der Waals surface area (Å²) in [6.07, 6.45) is -4.72. The number of anilines is 2. The van der Waals surface area contributed by atoms with Gasteiger partial charge in [0.1, 0.15) is 6.04 Å². The summed E-state index contributed by atoms with van der Waals surface area (Å²) in [5.74, 6) is 0.249. The van der Waals surface area contributed by atoms with E-state index in [1.165, 1.54) is 15.8 Å². The number of nitrogens with zero attached hydrogens (tertiary/aromatic N) is 6. The summed E-state index contributed by atoms with van der Waals surface area (Å²) in [6, 6.07) is 7.02. The number of halogens is 5. The zero-order valence-corrected chi connectivity index (χ0v) is 21.1. The molecule has 192 valence electrons. The fraction of sp³-hybridized carbons (Fsp3) is 0.391. The lowest BCUT2D eigenvalue weighted by Gasteiger charge is -2.45. The number of aromatic nitrogens is 4. The van der Waals surface area contributed by atoms with Crippen molar-refractivity contribution in [1.82, 2.24) is 20.2 Å². The monoisotopic (exact) mass is 542 g/mol. The number of benzene rings is 2. The van der Waals surface area contributed by atoms with Crippen molar-refractivity contribution in [3.8, 4) is 0 Å². The van der Waals surface area contributed by atoms with Crippen LogP contribution in [0.2, 0.25) is 10.0 Å². The Bertz CT molecular complexity index is 1270. The first-order valence-electron chi connectivity index (χ1n) is 11.2. The average Bonchev–Trinajstić information content (AvgIpc) is 3.25. The molecule has 36 heavy (non-hydrogen) atoms. The highest BCUT2D eigenvalue weighted by Crippen LogP contribution is 2.45. The molecule has 0 bridgehead atoms. The Kier molecular flexibility index (Phi) is 7.33. The van der Waals surface area contributed by atoms with E-state index in [0.717, 1.165) is 12.1 Å². The Morgan fingerprint density at radius 1 is 1.14 bits per heavy atom. The van der Waals surface area contributed by atoms with Crippen LogP contribution in [0.4, 0.5) is 29.3 Å². The van der Waals surface area contributed by atoms with Crippen LogP contribution >= 0.6 is 23.2 Å². The Morgan fingerprint density at radius 2 is 1.89 bits per heavy atom. The molecule has 0 saturated heterocycles. The minimum Gasteiger partial charge on any atom is -0.449 e. The molecule has 0 radical (unpaired) electrons. The van der Waals surface area contributed by atoms with Gasteiger partial charge < -0.3 is 9.64 Å². The van der Waals surface area contributed by atoms with Crippen molar-refractivity contribution < 1.29 is 22.7 Å². The maximum absolute atomic E-state index is 13.8. The second-order valence-corrected chi connectivity index (χ2v) is 9.01. The van der Waals surface area contributed by atoms with Crippen molar-refractivity contribution in [2.45, 2.75) is 38.5 Å². The Hall–Kier alpha value is -3.05. The van der Waals surface area contributed by atoms with Crippen LogP contribution in [0.25, 0.3) is 0 Å². The highest BCUT2D eigenvalue weighted by Gasteiger charge is 2.41. The molecule has 1 aromatic heterocycles. The lowest BCUT2D eigenvalue weighted by Crippen LogP contribution is -2.52. The summed E-state index contributed by atoms with van der Waals surface area (Å²) >= 11 is 12.4. The van der Waals surface area contributed by atoms with E-state index >= 15 is 0 Å². The molecule has 2 unspecified atom stereocenters. The normalized spacial score (nSPS) is 16.6. The first kappa shape index (κ1) is 26.0. The number of alkyl halides is 3. The van der Waals surface area contributed by atoms with E-state index in [9.17, 15) is 18.0 Å². The number of carbonyl (C=O) groups excluding carboxylic acids is 1. The largest absolute Gasteiger partial charge is 0.449 e. The molecule has 2 atom stereocenters. The van der Waals surface area contributed by atoms with Crippen LogP contribution in [0.15, 0.2) is 36.4 Å². The summed E-state index contributed by atoms with van der Waals surface area (Å²) in [6.45, 7) is 3.86. The van der Waals surface area contributed by atoms with Crippen molar-refractivity contribution in [3.63, 3.8) is 0 Å². The number of fused-ring (bicyclic) bond motifs is 1. The summed E-state index contributed by atoms with van der Waals surface area (Å²) < 4.78 is 46.5. The van der Waals surface area contributed by atoms with E-state index in [1.807, 2.05) is 6.92 Å². The lowest BCUT2D eigenvalue weighted by atomic mass is 9.97. The Labute approximate surface area is 215 Å². The minimum absolute atomic E-state index is 0.126. The number of rotatable bonds is 5. The van der Waals surface area contributed by atoms with Crippen LogP contribution < -0.4 is 9.80 Å². The van der Waals surface area contributed by atoms with Crippen LogP contribution in [0.5, 0.6) is 0 Å². The minimum atomic E-state index is -4.60. The van der Waals surface area contributed by atoms with Gasteiger partial charge in [0.25, 0.3) is 0 Å². The molecule has 0 spiro atoms. The third-order valence-corrected chi connectivity index (χ3v) is 6.66. The van der Waals surface area contributed by atoms with Gasteiger partial charge in [-0.15, -0.1) is 10.2 Å². The molecule has 2 aromatic carbocycles. The highest BCUT2D eigenvalue weighted by molar-refractivity contribution is 6.42. The van der Waals surface area contributed by atoms with Crippen molar-refractivity contribution >= 4 is 40.7 Å². The van der Waals surface area contributed by atoms with Gasteiger partial charge in [-0.25, -0.2) is 4.79 Å². The standard InChI is InChI=1S/C23H23Cl2F3N6O2/c1-4-15-12-33(20(21-29-31-32(3)30-21)13-6-8-16(24)17(25)10-13)19-11-14(23(26,27)28)7-9-18(19)34(15)22(35)36-5-2/h6-11,15,20H,4-5,12H2,1-3H3. The molecule has 1 aliphatic rings. The first-order valence-corrected chi connectivity index (χ1v) is 11.9. The second kappa shape index (κ2) is 10.1. The zero-order valence-electron chi connectivity index (χ0n) is 19.6. The molecule has 3 aromatic rings. The van der Waals surface area contributed by atoms with Crippen LogP contribution in [-0.4, -0.2) is 45.5 Å². The number of aryl methyl sites for hydroxylation is 1. The predicted molar refractivity (Wildman–Crippen MR) is 129 cm³/mol. The van der Waals surface area contributed by atoms with Gasteiger partial charge in [0, 0.05) is 6.54 Å². The summed E-state index contributed by atoms with van der Waals surface area (Å²) in [5.41, 5.74) is 0.199. The number of ether oxygens (including phenoxy) is 1. The molecule has 1 aliphatic heterocycles. The SMILES string of the molecule is CCOC(=O)N1c2ccc(C(F)(F)F)cc2N(C(c2ccc(Cl)c(Cl)c2)c2nnn(C)n2)CC1CC. The lowest BCUT2D eigenvalue weighted by molar-refractivity contribution is -0.137. The van der Waals surface area contributed by atoms with Gasteiger partial charge in [-0.1, -0.05) is 36.2 Å². The topological polar surface area (TPSA) is 76.4 Å².